The van der Waals surface area contributed by atoms with Crippen molar-refractivity contribution in [1.82, 2.24) is 0 Å². The number of rotatable bonds is 5. The van der Waals surface area contributed by atoms with Gasteiger partial charge in [-0.3, -0.25) is 4.79 Å². The Hall–Kier alpha value is -2.66. The molecular weight excluding hydrogens is 306 g/mol. The molecule has 2 rings (SSSR count). The van der Waals surface area contributed by atoms with E-state index in [1.165, 1.54) is 0 Å². The van der Waals surface area contributed by atoms with Crippen LogP contribution >= 0.6 is 0 Å². The third kappa shape index (κ3) is 4.43. The zero-order valence-electron chi connectivity index (χ0n) is 14.1. The Labute approximate surface area is 141 Å². The van der Waals surface area contributed by atoms with Crippen molar-refractivity contribution < 1.29 is 19.4 Å². The van der Waals surface area contributed by atoms with Gasteiger partial charge in [0.15, 0.2) is 6.61 Å². The molecule has 0 fully saturated rings. The van der Waals surface area contributed by atoms with Crippen molar-refractivity contribution in [2.75, 3.05) is 11.9 Å². The quantitative estimate of drug-likeness (QED) is 0.828. The number of aryl methyl sites for hydroxylation is 3. The van der Waals surface area contributed by atoms with Gasteiger partial charge in [0, 0.05) is 5.69 Å². The highest BCUT2D eigenvalue weighted by molar-refractivity contribution is 5.96. The van der Waals surface area contributed by atoms with Crippen molar-refractivity contribution in [2.24, 2.45) is 0 Å². The molecule has 0 heterocycles. The fourth-order valence-electron chi connectivity index (χ4n) is 2.51. The Kier molecular flexibility index (Phi) is 5.71. The summed E-state index contributed by atoms with van der Waals surface area (Å²) in [5.74, 6) is -0.961. The summed E-state index contributed by atoms with van der Waals surface area (Å²) in [4.78, 5) is 23.9. The van der Waals surface area contributed by atoms with E-state index in [-0.39, 0.29) is 19.1 Å². The maximum absolute atomic E-state index is 12.0. The molecule has 0 aliphatic heterocycles. The molecule has 5 nitrogen and oxygen atoms in total. The van der Waals surface area contributed by atoms with Crippen molar-refractivity contribution in [2.45, 2.75) is 27.4 Å². The Balaban J connectivity index is 1.94. The fourth-order valence-corrected chi connectivity index (χ4v) is 2.51. The van der Waals surface area contributed by atoms with Crippen LogP contribution in [0.2, 0.25) is 0 Å². The number of benzene rings is 2. The molecule has 0 saturated heterocycles. The van der Waals surface area contributed by atoms with E-state index in [2.05, 4.69) is 5.32 Å². The summed E-state index contributed by atoms with van der Waals surface area (Å²) in [6.07, 6.45) is 0. The van der Waals surface area contributed by atoms with Crippen molar-refractivity contribution in [3.63, 3.8) is 0 Å². The lowest BCUT2D eigenvalue weighted by atomic mass is 10.1. The van der Waals surface area contributed by atoms with Crippen LogP contribution in [-0.2, 0) is 16.1 Å². The minimum atomic E-state index is -0.577. The molecule has 0 spiro atoms. The van der Waals surface area contributed by atoms with Gasteiger partial charge < -0.3 is 15.2 Å². The summed E-state index contributed by atoms with van der Waals surface area (Å²) in [7, 11) is 0. The molecule has 1 amide bonds. The molecule has 0 radical (unpaired) electrons. The first-order valence-corrected chi connectivity index (χ1v) is 7.65. The van der Waals surface area contributed by atoms with Gasteiger partial charge in [-0.25, -0.2) is 4.79 Å². The first-order valence-electron chi connectivity index (χ1n) is 7.65. The topological polar surface area (TPSA) is 75.6 Å². The molecule has 0 saturated carbocycles. The van der Waals surface area contributed by atoms with E-state index < -0.39 is 5.97 Å². The van der Waals surface area contributed by atoms with E-state index in [1.54, 1.807) is 24.3 Å². The smallest absolute Gasteiger partial charge is 0.338 e. The van der Waals surface area contributed by atoms with E-state index in [4.69, 9.17) is 9.84 Å². The van der Waals surface area contributed by atoms with Crippen LogP contribution in [0.15, 0.2) is 36.4 Å². The lowest BCUT2D eigenvalue weighted by Gasteiger charge is -2.13. The van der Waals surface area contributed by atoms with Crippen LogP contribution in [-0.4, -0.2) is 23.6 Å². The van der Waals surface area contributed by atoms with Gasteiger partial charge in [-0.2, -0.15) is 0 Å². The molecule has 2 N–H and O–H groups in total. The summed E-state index contributed by atoms with van der Waals surface area (Å²) >= 11 is 0. The second-order valence-electron chi connectivity index (χ2n) is 5.75. The molecule has 2 aromatic carbocycles. The number of aliphatic hydroxyl groups excluding tert-OH is 1. The van der Waals surface area contributed by atoms with Crippen molar-refractivity contribution in [3.05, 3.63) is 64.2 Å². The average Bonchev–Trinajstić information content (AvgIpc) is 2.56. The second-order valence-corrected chi connectivity index (χ2v) is 5.75. The van der Waals surface area contributed by atoms with Gasteiger partial charge in [0.1, 0.15) is 0 Å². The Morgan fingerprint density at radius 1 is 1.04 bits per heavy atom. The molecule has 0 aliphatic carbocycles. The molecule has 126 valence electrons. The molecular formula is C19H21NO4. The molecule has 0 unspecified atom stereocenters. The number of hydrogen-bond donors (Lipinski definition) is 2. The minimum absolute atomic E-state index is 0.0903. The molecule has 0 atom stereocenters. The number of nitrogens with one attached hydrogen (secondary N) is 1. The third-order valence-corrected chi connectivity index (χ3v) is 3.65. The van der Waals surface area contributed by atoms with Gasteiger partial charge >= 0.3 is 5.97 Å². The largest absolute Gasteiger partial charge is 0.452 e. The van der Waals surface area contributed by atoms with E-state index >= 15 is 0 Å². The Morgan fingerprint density at radius 3 is 2.17 bits per heavy atom. The maximum Gasteiger partial charge on any atom is 0.338 e. The summed E-state index contributed by atoms with van der Waals surface area (Å²) in [5, 5.41) is 11.8. The highest BCUT2D eigenvalue weighted by atomic mass is 16.5. The SMILES string of the molecule is Cc1cc(C)c(NC(=O)COC(=O)c2ccc(CO)cc2)c(C)c1. The highest BCUT2D eigenvalue weighted by Crippen LogP contribution is 2.21. The number of carbonyl (C=O) groups is 2. The second kappa shape index (κ2) is 7.75. The van der Waals surface area contributed by atoms with Crippen molar-refractivity contribution in [1.29, 1.82) is 0 Å². The number of esters is 1. The van der Waals surface area contributed by atoms with E-state index in [1.807, 2.05) is 32.9 Å². The van der Waals surface area contributed by atoms with Crippen LogP contribution in [0.3, 0.4) is 0 Å². The van der Waals surface area contributed by atoms with Crippen LogP contribution in [0.1, 0.15) is 32.6 Å². The van der Waals surface area contributed by atoms with Gasteiger partial charge in [-0.1, -0.05) is 29.8 Å². The molecule has 24 heavy (non-hydrogen) atoms. The third-order valence-electron chi connectivity index (χ3n) is 3.65. The molecule has 0 aromatic heterocycles. The molecule has 0 aliphatic rings. The van der Waals surface area contributed by atoms with Gasteiger partial charge in [0.2, 0.25) is 0 Å². The van der Waals surface area contributed by atoms with Gasteiger partial charge in [-0.05, 0) is 49.6 Å². The zero-order chi connectivity index (χ0) is 17.7. The lowest BCUT2D eigenvalue weighted by Crippen LogP contribution is -2.22. The first-order chi connectivity index (χ1) is 11.4. The maximum atomic E-state index is 12.0. The number of carbonyl (C=O) groups excluding carboxylic acids is 2. The summed E-state index contributed by atoms with van der Waals surface area (Å²) < 4.78 is 5.03. The number of amides is 1. The standard InChI is InChI=1S/C19H21NO4/c1-12-8-13(2)18(14(3)9-12)20-17(22)11-24-19(23)16-6-4-15(10-21)5-7-16/h4-9,21H,10-11H2,1-3H3,(H,20,22). The molecule has 5 heteroatoms. The van der Waals surface area contributed by atoms with Crippen molar-refractivity contribution in [3.8, 4) is 0 Å². The average molecular weight is 327 g/mol. The van der Waals surface area contributed by atoms with Gasteiger partial charge in [0.05, 0.1) is 12.2 Å². The Morgan fingerprint density at radius 2 is 1.62 bits per heavy atom. The predicted molar refractivity (Wildman–Crippen MR) is 91.9 cm³/mol. The summed E-state index contributed by atoms with van der Waals surface area (Å²) in [5.41, 5.74) is 4.84. The fraction of sp³-hybridized carbons (Fsp3) is 0.263. The molecule has 2 aromatic rings. The number of anilines is 1. The number of ether oxygens (including phenoxy) is 1. The number of aliphatic hydroxyl groups is 1. The van der Waals surface area contributed by atoms with Crippen LogP contribution in [0.25, 0.3) is 0 Å². The van der Waals surface area contributed by atoms with Crippen molar-refractivity contribution >= 4 is 17.6 Å². The van der Waals surface area contributed by atoms with Crippen LogP contribution in [0.5, 0.6) is 0 Å². The first kappa shape index (κ1) is 17.7. The van der Waals surface area contributed by atoms with Crippen LogP contribution in [0.4, 0.5) is 5.69 Å². The monoisotopic (exact) mass is 327 g/mol. The zero-order valence-corrected chi connectivity index (χ0v) is 14.1. The minimum Gasteiger partial charge on any atom is -0.452 e. The van der Waals surface area contributed by atoms with E-state index in [9.17, 15) is 9.59 Å². The predicted octanol–water partition coefficient (Wildman–Crippen LogP) is 2.90. The van der Waals surface area contributed by atoms with Crippen LogP contribution < -0.4 is 5.32 Å². The lowest BCUT2D eigenvalue weighted by molar-refractivity contribution is -0.119. The summed E-state index contributed by atoms with van der Waals surface area (Å²) in [6, 6.07) is 10.3. The normalized spacial score (nSPS) is 10.3. The van der Waals surface area contributed by atoms with Gasteiger partial charge in [0.25, 0.3) is 5.91 Å². The van der Waals surface area contributed by atoms with E-state index in [0.717, 1.165) is 22.4 Å². The number of hydrogen-bond acceptors (Lipinski definition) is 4. The van der Waals surface area contributed by atoms with E-state index in [0.29, 0.717) is 11.1 Å². The van der Waals surface area contributed by atoms with Crippen LogP contribution in [0, 0.1) is 20.8 Å². The molecule has 0 bridgehead atoms. The van der Waals surface area contributed by atoms with Gasteiger partial charge in [-0.15, -0.1) is 0 Å². The Bertz CT molecular complexity index is 727. The highest BCUT2D eigenvalue weighted by Gasteiger charge is 2.12. The summed E-state index contributed by atoms with van der Waals surface area (Å²) in [6.45, 7) is 5.39.